The molecule has 0 unspecified atom stereocenters. The second-order valence-electron chi connectivity index (χ2n) is 2.53. The molecule has 2 nitrogen and oxygen atoms in total. The number of unbranched alkanes of at least 4 members (excludes halogenated alkanes) is 1. The highest BCUT2D eigenvalue weighted by Crippen LogP contribution is 2.07. The summed E-state index contributed by atoms with van der Waals surface area (Å²) in [5.41, 5.74) is 0. The molecule has 0 bridgehead atoms. The number of ether oxygens (including phenoxy) is 2. The highest BCUT2D eigenvalue weighted by molar-refractivity contribution is 9.09. The van der Waals surface area contributed by atoms with Crippen LogP contribution in [-0.2, 0) is 9.47 Å². The van der Waals surface area contributed by atoms with Crippen molar-refractivity contribution in [2.24, 2.45) is 0 Å². The zero-order chi connectivity index (χ0) is 9.23. The number of rotatable bonds is 8. The molecule has 0 aromatic carbocycles. The highest BCUT2D eigenvalue weighted by atomic mass is 79.9. The van der Waals surface area contributed by atoms with Crippen LogP contribution in [0, 0.1) is 0 Å². The molecule has 0 rings (SSSR count). The molecule has 0 atom stereocenters. The van der Waals surface area contributed by atoms with E-state index in [1.54, 1.807) is 0 Å². The maximum atomic E-state index is 5.39. The summed E-state index contributed by atoms with van der Waals surface area (Å²) in [6.45, 7) is 5.46. The Balaban J connectivity index is 3.34. The van der Waals surface area contributed by atoms with Gasteiger partial charge in [0.25, 0.3) is 0 Å². The Morgan fingerprint density at radius 2 is 1.67 bits per heavy atom. The normalized spacial score (nSPS) is 11.0. The Bertz CT molecular complexity index is 82.6. The van der Waals surface area contributed by atoms with Crippen molar-refractivity contribution in [1.82, 2.24) is 0 Å². The lowest BCUT2D eigenvalue weighted by molar-refractivity contribution is -0.140. The van der Waals surface area contributed by atoms with E-state index in [0.29, 0.717) is 0 Å². The Kier molecular flexibility index (Phi) is 9.80. The minimum Gasteiger partial charge on any atom is -0.353 e. The number of hydrogen-bond acceptors (Lipinski definition) is 2. The monoisotopic (exact) mass is 238 g/mol. The Hall–Kier alpha value is 0.400. The van der Waals surface area contributed by atoms with E-state index < -0.39 is 0 Å². The zero-order valence-corrected chi connectivity index (χ0v) is 9.60. The van der Waals surface area contributed by atoms with Crippen molar-refractivity contribution in [2.45, 2.75) is 39.4 Å². The molecule has 0 aliphatic rings. The third-order valence-electron chi connectivity index (χ3n) is 1.53. The van der Waals surface area contributed by atoms with E-state index in [-0.39, 0.29) is 6.29 Å². The van der Waals surface area contributed by atoms with Crippen molar-refractivity contribution >= 4 is 15.9 Å². The quantitative estimate of drug-likeness (QED) is 0.368. The molecule has 0 saturated heterocycles. The van der Waals surface area contributed by atoms with Gasteiger partial charge >= 0.3 is 0 Å². The van der Waals surface area contributed by atoms with Crippen molar-refractivity contribution in [3.8, 4) is 0 Å². The molecule has 0 amide bonds. The van der Waals surface area contributed by atoms with E-state index in [1.807, 2.05) is 13.8 Å². The lowest BCUT2D eigenvalue weighted by Gasteiger charge is -2.16. The molecular formula is C9H19BrO2. The fourth-order valence-electron chi connectivity index (χ4n) is 0.992. The second-order valence-corrected chi connectivity index (χ2v) is 3.32. The first kappa shape index (κ1) is 12.4. The lowest BCUT2D eigenvalue weighted by Crippen LogP contribution is -2.17. The van der Waals surface area contributed by atoms with Gasteiger partial charge in [-0.05, 0) is 33.1 Å². The van der Waals surface area contributed by atoms with Gasteiger partial charge in [-0.15, -0.1) is 0 Å². The van der Waals surface area contributed by atoms with Gasteiger partial charge in [-0.3, -0.25) is 0 Å². The van der Waals surface area contributed by atoms with E-state index in [1.165, 1.54) is 6.42 Å². The molecule has 0 aromatic heterocycles. The van der Waals surface area contributed by atoms with Gasteiger partial charge < -0.3 is 9.47 Å². The summed E-state index contributed by atoms with van der Waals surface area (Å²) in [5, 5.41) is 1.07. The third kappa shape index (κ3) is 7.07. The van der Waals surface area contributed by atoms with E-state index in [0.717, 1.165) is 31.4 Å². The first-order valence-electron chi connectivity index (χ1n) is 4.64. The summed E-state index contributed by atoms with van der Waals surface area (Å²) < 4.78 is 10.8. The van der Waals surface area contributed by atoms with E-state index in [9.17, 15) is 0 Å². The van der Waals surface area contributed by atoms with Gasteiger partial charge in [0, 0.05) is 18.5 Å². The highest BCUT2D eigenvalue weighted by Gasteiger charge is 2.05. The standard InChI is InChI=1S/C9H19BrO2/c1-3-11-9(12-4-2)7-5-6-8-10/h9H,3-8H2,1-2H3. The Morgan fingerprint density at radius 1 is 1.08 bits per heavy atom. The van der Waals surface area contributed by atoms with Gasteiger partial charge in [0.15, 0.2) is 6.29 Å². The molecule has 0 aliphatic heterocycles. The van der Waals surface area contributed by atoms with Crippen LogP contribution in [-0.4, -0.2) is 24.8 Å². The molecule has 0 aromatic rings. The predicted octanol–water partition coefficient (Wildman–Crippen LogP) is 2.95. The summed E-state index contributed by atoms with van der Waals surface area (Å²) in [6, 6.07) is 0. The molecule has 3 heteroatoms. The fourth-order valence-corrected chi connectivity index (χ4v) is 1.39. The average molecular weight is 239 g/mol. The molecule has 0 heterocycles. The van der Waals surface area contributed by atoms with Crippen LogP contribution in [0.25, 0.3) is 0 Å². The summed E-state index contributed by atoms with van der Waals surface area (Å²) in [6.07, 6.45) is 3.37. The van der Waals surface area contributed by atoms with E-state index >= 15 is 0 Å². The summed E-state index contributed by atoms with van der Waals surface area (Å²) >= 11 is 3.40. The molecule has 12 heavy (non-hydrogen) atoms. The molecule has 0 aliphatic carbocycles. The fraction of sp³-hybridized carbons (Fsp3) is 1.00. The lowest BCUT2D eigenvalue weighted by atomic mass is 10.2. The van der Waals surface area contributed by atoms with Crippen molar-refractivity contribution in [1.29, 1.82) is 0 Å². The van der Waals surface area contributed by atoms with Crippen LogP contribution in [0.15, 0.2) is 0 Å². The second kappa shape index (κ2) is 9.49. The maximum Gasteiger partial charge on any atom is 0.157 e. The van der Waals surface area contributed by atoms with Crippen LogP contribution >= 0.6 is 15.9 Å². The maximum absolute atomic E-state index is 5.39. The molecule has 0 N–H and O–H groups in total. The van der Waals surface area contributed by atoms with Crippen molar-refractivity contribution in [3.63, 3.8) is 0 Å². The predicted molar refractivity (Wildman–Crippen MR) is 54.7 cm³/mol. The van der Waals surface area contributed by atoms with Gasteiger partial charge in [-0.2, -0.15) is 0 Å². The van der Waals surface area contributed by atoms with Crippen LogP contribution in [0.4, 0.5) is 0 Å². The molecule has 0 saturated carbocycles. The molecular weight excluding hydrogens is 220 g/mol. The van der Waals surface area contributed by atoms with Crippen LogP contribution in [0.3, 0.4) is 0 Å². The Morgan fingerprint density at radius 3 is 2.08 bits per heavy atom. The van der Waals surface area contributed by atoms with Gasteiger partial charge in [0.1, 0.15) is 0 Å². The van der Waals surface area contributed by atoms with Crippen LogP contribution in [0.2, 0.25) is 0 Å². The molecule has 74 valence electrons. The first-order chi connectivity index (χ1) is 5.85. The largest absolute Gasteiger partial charge is 0.353 e. The van der Waals surface area contributed by atoms with Gasteiger partial charge in [0.05, 0.1) is 0 Å². The van der Waals surface area contributed by atoms with Gasteiger partial charge in [-0.1, -0.05) is 15.9 Å². The zero-order valence-electron chi connectivity index (χ0n) is 8.01. The van der Waals surface area contributed by atoms with Crippen LogP contribution in [0.1, 0.15) is 33.1 Å². The van der Waals surface area contributed by atoms with Crippen molar-refractivity contribution in [3.05, 3.63) is 0 Å². The third-order valence-corrected chi connectivity index (χ3v) is 2.09. The molecule has 0 spiro atoms. The van der Waals surface area contributed by atoms with Crippen molar-refractivity contribution < 1.29 is 9.47 Å². The van der Waals surface area contributed by atoms with Gasteiger partial charge in [-0.25, -0.2) is 0 Å². The van der Waals surface area contributed by atoms with Crippen LogP contribution in [0.5, 0.6) is 0 Å². The summed E-state index contributed by atoms with van der Waals surface area (Å²) in [5.74, 6) is 0. The number of halogens is 1. The molecule has 0 fully saturated rings. The van der Waals surface area contributed by atoms with E-state index in [4.69, 9.17) is 9.47 Å². The first-order valence-corrected chi connectivity index (χ1v) is 5.76. The minimum absolute atomic E-state index is 0.0130. The summed E-state index contributed by atoms with van der Waals surface area (Å²) in [4.78, 5) is 0. The Labute approximate surface area is 83.8 Å². The van der Waals surface area contributed by atoms with Crippen LogP contribution < -0.4 is 0 Å². The number of alkyl halides is 1. The van der Waals surface area contributed by atoms with Crippen molar-refractivity contribution in [2.75, 3.05) is 18.5 Å². The number of hydrogen-bond donors (Lipinski definition) is 0. The molecule has 0 radical (unpaired) electrons. The topological polar surface area (TPSA) is 18.5 Å². The SMILES string of the molecule is CCOC(CCCCBr)OCC. The smallest absolute Gasteiger partial charge is 0.157 e. The van der Waals surface area contributed by atoms with E-state index in [2.05, 4.69) is 15.9 Å². The average Bonchev–Trinajstić information content (AvgIpc) is 2.06. The van der Waals surface area contributed by atoms with Gasteiger partial charge in [0.2, 0.25) is 0 Å². The summed E-state index contributed by atoms with van der Waals surface area (Å²) in [7, 11) is 0. The minimum atomic E-state index is 0.0130.